The van der Waals surface area contributed by atoms with Gasteiger partial charge in [0.2, 0.25) is 9.84 Å². The summed E-state index contributed by atoms with van der Waals surface area (Å²) in [5.41, 5.74) is 0. The van der Waals surface area contributed by atoms with E-state index < -0.39 is 9.84 Å². The van der Waals surface area contributed by atoms with Crippen LogP contribution in [-0.2, 0) is 9.84 Å². The molecule has 0 unspecified atom stereocenters. The normalized spacial score (nSPS) is 11.5. The molecule has 0 spiro atoms. The number of aromatic amines is 1. The second-order valence-electron chi connectivity index (χ2n) is 2.99. The summed E-state index contributed by atoms with van der Waals surface area (Å²) in [5, 5.41) is 0.699. The lowest BCUT2D eigenvalue weighted by Gasteiger charge is -2.01. The number of H-pyrrole nitrogens is 1. The lowest BCUT2D eigenvalue weighted by Crippen LogP contribution is -2.01. The fourth-order valence-electron chi connectivity index (χ4n) is 1.22. The fraction of sp³-hybridized carbons (Fsp3) is 0. The van der Waals surface area contributed by atoms with Gasteiger partial charge in [0.25, 0.3) is 0 Å². The Bertz CT molecular complexity index is 544. The predicted octanol–water partition coefficient (Wildman–Crippen LogP) is 2.50. The standard InChI is InChI=1S/C10H8ClNO2S/c11-8-3-5-9(6-4-8)15(13,14)10-2-1-7-12-10/h1-7,12H. The van der Waals surface area contributed by atoms with Crippen LogP contribution in [0.2, 0.25) is 5.02 Å². The summed E-state index contributed by atoms with van der Waals surface area (Å²) >= 11 is 5.68. The third-order valence-corrected chi connectivity index (χ3v) is 3.96. The third-order valence-electron chi connectivity index (χ3n) is 1.98. The van der Waals surface area contributed by atoms with Crippen LogP contribution in [0.5, 0.6) is 0 Å². The van der Waals surface area contributed by atoms with E-state index in [4.69, 9.17) is 11.6 Å². The van der Waals surface area contributed by atoms with Crippen molar-refractivity contribution < 1.29 is 8.42 Å². The highest BCUT2D eigenvalue weighted by molar-refractivity contribution is 7.91. The highest BCUT2D eigenvalue weighted by atomic mass is 35.5. The van der Waals surface area contributed by atoms with Crippen LogP contribution in [0, 0.1) is 0 Å². The van der Waals surface area contributed by atoms with Gasteiger partial charge in [-0.1, -0.05) is 11.6 Å². The quantitative estimate of drug-likeness (QED) is 0.878. The smallest absolute Gasteiger partial charge is 0.221 e. The highest BCUT2D eigenvalue weighted by Crippen LogP contribution is 2.20. The zero-order valence-electron chi connectivity index (χ0n) is 7.64. The summed E-state index contributed by atoms with van der Waals surface area (Å²) in [6, 6.07) is 9.23. The lowest BCUT2D eigenvalue weighted by molar-refractivity contribution is 0.593. The first-order valence-electron chi connectivity index (χ1n) is 4.25. The number of aromatic nitrogens is 1. The van der Waals surface area contributed by atoms with Crippen LogP contribution >= 0.6 is 11.6 Å². The van der Waals surface area contributed by atoms with Gasteiger partial charge in [-0.05, 0) is 36.4 Å². The summed E-state index contributed by atoms with van der Waals surface area (Å²) in [6.07, 6.45) is 1.57. The summed E-state index contributed by atoms with van der Waals surface area (Å²) in [7, 11) is -3.43. The minimum absolute atomic E-state index is 0.185. The van der Waals surface area contributed by atoms with Gasteiger partial charge in [0.05, 0.1) is 4.90 Å². The molecular formula is C10H8ClNO2S. The zero-order valence-corrected chi connectivity index (χ0v) is 9.22. The maximum absolute atomic E-state index is 11.9. The maximum atomic E-state index is 11.9. The minimum atomic E-state index is -3.43. The second-order valence-corrected chi connectivity index (χ2v) is 5.35. The highest BCUT2D eigenvalue weighted by Gasteiger charge is 2.17. The number of benzene rings is 1. The van der Waals surface area contributed by atoms with E-state index in [-0.39, 0.29) is 9.92 Å². The molecule has 1 N–H and O–H groups in total. The Morgan fingerprint density at radius 1 is 1.07 bits per heavy atom. The summed E-state index contributed by atoms with van der Waals surface area (Å²) in [6.45, 7) is 0. The molecule has 15 heavy (non-hydrogen) atoms. The molecular weight excluding hydrogens is 234 g/mol. The molecule has 0 saturated carbocycles. The number of sulfone groups is 1. The van der Waals surface area contributed by atoms with Crippen molar-refractivity contribution in [3.8, 4) is 0 Å². The van der Waals surface area contributed by atoms with E-state index in [1.807, 2.05) is 0 Å². The minimum Gasteiger partial charge on any atom is -0.352 e. The number of halogens is 1. The van der Waals surface area contributed by atoms with E-state index >= 15 is 0 Å². The molecule has 0 radical (unpaired) electrons. The molecule has 0 bridgehead atoms. The fourth-order valence-corrected chi connectivity index (χ4v) is 2.58. The van der Waals surface area contributed by atoms with Crippen molar-refractivity contribution >= 4 is 21.4 Å². The SMILES string of the molecule is O=S(=O)(c1ccc(Cl)cc1)c1ccc[nH]1. The summed E-state index contributed by atoms with van der Waals surface area (Å²) < 4.78 is 23.9. The van der Waals surface area contributed by atoms with Crippen molar-refractivity contribution in [2.45, 2.75) is 9.92 Å². The number of rotatable bonds is 2. The van der Waals surface area contributed by atoms with E-state index in [0.29, 0.717) is 5.02 Å². The van der Waals surface area contributed by atoms with Gasteiger partial charge in [-0.25, -0.2) is 8.42 Å². The Balaban J connectivity index is 2.52. The van der Waals surface area contributed by atoms with E-state index in [2.05, 4.69) is 4.98 Å². The molecule has 1 aromatic heterocycles. The van der Waals surface area contributed by atoms with Crippen LogP contribution in [0.4, 0.5) is 0 Å². The number of nitrogens with one attached hydrogen (secondary N) is 1. The molecule has 0 aliphatic rings. The van der Waals surface area contributed by atoms with Crippen LogP contribution in [0.3, 0.4) is 0 Å². The van der Waals surface area contributed by atoms with Gasteiger partial charge in [-0.15, -0.1) is 0 Å². The Hall–Kier alpha value is -1.26. The van der Waals surface area contributed by atoms with Crippen molar-refractivity contribution in [1.82, 2.24) is 4.98 Å². The van der Waals surface area contributed by atoms with Crippen LogP contribution in [0.25, 0.3) is 0 Å². The Labute approximate surface area is 92.6 Å². The summed E-state index contributed by atoms with van der Waals surface area (Å²) in [4.78, 5) is 2.90. The van der Waals surface area contributed by atoms with Gasteiger partial charge in [0.1, 0.15) is 5.03 Å². The maximum Gasteiger partial charge on any atom is 0.221 e. The molecule has 1 aromatic carbocycles. The summed E-state index contributed by atoms with van der Waals surface area (Å²) in [5.74, 6) is 0. The largest absolute Gasteiger partial charge is 0.352 e. The van der Waals surface area contributed by atoms with E-state index in [1.165, 1.54) is 18.2 Å². The van der Waals surface area contributed by atoms with E-state index in [0.717, 1.165) is 0 Å². The van der Waals surface area contributed by atoms with Gasteiger partial charge >= 0.3 is 0 Å². The lowest BCUT2D eigenvalue weighted by atomic mass is 10.4. The average molecular weight is 242 g/mol. The van der Waals surface area contributed by atoms with Crippen LogP contribution in [0.15, 0.2) is 52.5 Å². The van der Waals surface area contributed by atoms with Crippen LogP contribution in [-0.4, -0.2) is 13.4 Å². The molecule has 0 atom stereocenters. The van der Waals surface area contributed by atoms with Gasteiger partial charge in [-0.2, -0.15) is 0 Å². The number of hydrogen-bond donors (Lipinski definition) is 1. The van der Waals surface area contributed by atoms with Crippen molar-refractivity contribution in [2.24, 2.45) is 0 Å². The average Bonchev–Trinajstić information content (AvgIpc) is 2.71. The van der Waals surface area contributed by atoms with Crippen LogP contribution in [0.1, 0.15) is 0 Å². The first-order chi connectivity index (χ1) is 7.10. The molecule has 3 nitrogen and oxygen atoms in total. The molecule has 0 saturated heterocycles. The van der Waals surface area contributed by atoms with E-state index in [1.54, 1.807) is 24.4 Å². The monoisotopic (exact) mass is 241 g/mol. The van der Waals surface area contributed by atoms with Crippen molar-refractivity contribution in [3.05, 3.63) is 47.6 Å². The molecule has 0 amide bonds. The van der Waals surface area contributed by atoms with Crippen molar-refractivity contribution in [1.29, 1.82) is 0 Å². The topological polar surface area (TPSA) is 49.9 Å². The van der Waals surface area contributed by atoms with E-state index in [9.17, 15) is 8.42 Å². The first kappa shape index (κ1) is 10.3. The zero-order chi connectivity index (χ0) is 10.9. The molecule has 78 valence electrons. The van der Waals surface area contributed by atoms with Gasteiger partial charge < -0.3 is 4.98 Å². The number of hydrogen-bond acceptors (Lipinski definition) is 2. The second kappa shape index (κ2) is 3.72. The molecule has 0 fully saturated rings. The molecule has 1 heterocycles. The molecule has 2 aromatic rings. The molecule has 0 aliphatic carbocycles. The van der Waals surface area contributed by atoms with Gasteiger partial charge in [0, 0.05) is 11.2 Å². The Morgan fingerprint density at radius 3 is 2.27 bits per heavy atom. The van der Waals surface area contributed by atoms with Crippen molar-refractivity contribution in [3.63, 3.8) is 0 Å². The first-order valence-corrected chi connectivity index (χ1v) is 6.11. The molecule has 0 aliphatic heterocycles. The van der Waals surface area contributed by atoms with Crippen LogP contribution < -0.4 is 0 Å². The Morgan fingerprint density at radius 2 is 1.73 bits per heavy atom. The van der Waals surface area contributed by atoms with Gasteiger partial charge in [-0.3, -0.25) is 0 Å². The van der Waals surface area contributed by atoms with Gasteiger partial charge in [0.15, 0.2) is 0 Å². The molecule has 2 rings (SSSR count). The third kappa shape index (κ3) is 1.91. The van der Waals surface area contributed by atoms with Crippen molar-refractivity contribution in [2.75, 3.05) is 0 Å². The predicted molar refractivity (Wildman–Crippen MR) is 57.7 cm³/mol. The Kier molecular flexibility index (Phi) is 2.54. The molecule has 5 heteroatoms.